The second-order valence-electron chi connectivity index (χ2n) is 5.90. The maximum absolute atomic E-state index is 13.0. The van der Waals surface area contributed by atoms with Gasteiger partial charge in [0.05, 0.1) is 0 Å². The zero-order chi connectivity index (χ0) is 13.1. The number of hydrogen-bond acceptors (Lipinski definition) is 2. The average Bonchev–Trinajstić information content (AvgIpc) is 2.89. The van der Waals surface area contributed by atoms with E-state index in [1.54, 1.807) is 12.1 Å². The predicted molar refractivity (Wildman–Crippen MR) is 75.5 cm³/mol. The van der Waals surface area contributed by atoms with E-state index in [1.807, 2.05) is 12.1 Å². The molecule has 0 amide bonds. The van der Waals surface area contributed by atoms with Crippen molar-refractivity contribution in [2.45, 2.75) is 31.7 Å². The lowest BCUT2D eigenvalue weighted by atomic mass is 9.96. The Labute approximate surface area is 115 Å². The lowest BCUT2D eigenvalue weighted by Gasteiger charge is -2.31. The summed E-state index contributed by atoms with van der Waals surface area (Å²) in [6.45, 7) is 4.75. The van der Waals surface area contributed by atoms with Gasteiger partial charge in [-0.1, -0.05) is 12.1 Å². The zero-order valence-corrected chi connectivity index (χ0v) is 11.4. The molecule has 104 valence electrons. The van der Waals surface area contributed by atoms with Crippen molar-refractivity contribution in [1.29, 1.82) is 0 Å². The van der Waals surface area contributed by atoms with Crippen molar-refractivity contribution >= 4 is 0 Å². The van der Waals surface area contributed by atoms with Gasteiger partial charge in [-0.2, -0.15) is 0 Å². The molecule has 1 unspecified atom stereocenters. The van der Waals surface area contributed by atoms with E-state index in [0.29, 0.717) is 6.04 Å². The molecule has 2 heterocycles. The summed E-state index contributed by atoms with van der Waals surface area (Å²) in [6, 6.07) is 7.62. The molecule has 2 aliphatic heterocycles. The van der Waals surface area contributed by atoms with Gasteiger partial charge in [-0.15, -0.1) is 0 Å². The van der Waals surface area contributed by atoms with Crippen LogP contribution in [0.4, 0.5) is 4.39 Å². The minimum Gasteiger partial charge on any atom is -0.317 e. The predicted octanol–water partition coefficient (Wildman–Crippen LogP) is 2.96. The standard InChI is InChI=1S/C16H23FN2/c17-15-5-3-14(4-6-15)16-2-1-11-19(16)12-13-7-9-18-10-8-13/h3-6,13,16,18H,1-2,7-12H2. The highest BCUT2D eigenvalue weighted by atomic mass is 19.1. The van der Waals surface area contributed by atoms with Gasteiger partial charge in [0.15, 0.2) is 0 Å². The SMILES string of the molecule is Fc1ccc(C2CCCN2CC2CCNCC2)cc1. The number of nitrogens with zero attached hydrogens (tertiary/aromatic N) is 1. The lowest BCUT2D eigenvalue weighted by molar-refractivity contribution is 0.193. The maximum atomic E-state index is 13.0. The van der Waals surface area contributed by atoms with E-state index >= 15 is 0 Å². The first-order valence-electron chi connectivity index (χ1n) is 7.53. The van der Waals surface area contributed by atoms with Crippen molar-refractivity contribution in [3.8, 4) is 0 Å². The van der Waals surface area contributed by atoms with Crippen LogP contribution in [0.25, 0.3) is 0 Å². The fourth-order valence-corrected chi connectivity index (χ4v) is 3.50. The fraction of sp³-hybridized carbons (Fsp3) is 0.625. The quantitative estimate of drug-likeness (QED) is 0.901. The number of halogens is 1. The van der Waals surface area contributed by atoms with Crippen LogP contribution in [0.1, 0.15) is 37.3 Å². The number of hydrogen-bond donors (Lipinski definition) is 1. The Morgan fingerprint density at radius 1 is 1.11 bits per heavy atom. The average molecular weight is 262 g/mol. The molecule has 0 radical (unpaired) electrons. The largest absolute Gasteiger partial charge is 0.317 e. The third-order valence-electron chi connectivity index (χ3n) is 4.57. The summed E-state index contributed by atoms with van der Waals surface area (Å²) < 4.78 is 13.0. The normalized spacial score (nSPS) is 25.8. The van der Waals surface area contributed by atoms with E-state index in [0.717, 1.165) is 5.92 Å². The van der Waals surface area contributed by atoms with Gasteiger partial charge in [0.1, 0.15) is 5.82 Å². The molecule has 0 aliphatic carbocycles. The van der Waals surface area contributed by atoms with Gasteiger partial charge in [0.25, 0.3) is 0 Å². The Morgan fingerprint density at radius 2 is 1.84 bits per heavy atom. The molecular weight excluding hydrogens is 239 g/mol. The summed E-state index contributed by atoms with van der Waals surface area (Å²) in [7, 11) is 0. The van der Waals surface area contributed by atoms with Crippen LogP contribution in [0.3, 0.4) is 0 Å². The fourth-order valence-electron chi connectivity index (χ4n) is 3.50. The molecule has 3 rings (SSSR count). The Hall–Kier alpha value is -0.930. The molecule has 19 heavy (non-hydrogen) atoms. The van der Waals surface area contributed by atoms with E-state index in [1.165, 1.54) is 57.4 Å². The minimum absolute atomic E-state index is 0.133. The number of rotatable bonds is 3. The number of likely N-dealkylation sites (tertiary alicyclic amines) is 1. The molecule has 3 heteroatoms. The van der Waals surface area contributed by atoms with Crippen LogP contribution in [0, 0.1) is 11.7 Å². The number of piperidine rings is 1. The molecule has 2 nitrogen and oxygen atoms in total. The second-order valence-corrected chi connectivity index (χ2v) is 5.90. The second kappa shape index (κ2) is 6.02. The molecule has 0 saturated carbocycles. The van der Waals surface area contributed by atoms with E-state index in [2.05, 4.69) is 10.2 Å². The van der Waals surface area contributed by atoms with Crippen molar-refractivity contribution in [3.05, 3.63) is 35.6 Å². The topological polar surface area (TPSA) is 15.3 Å². The van der Waals surface area contributed by atoms with Gasteiger partial charge >= 0.3 is 0 Å². The van der Waals surface area contributed by atoms with Crippen LogP contribution in [-0.2, 0) is 0 Å². The molecule has 1 atom stereocenters. The smallest absolute Gasteiger partial charge is 0.123 e. The maximum Gasteiger partial charge on any atom is 0.123 e. The molecule has 2 aliphatic rings. The molecule has 1 aromatic carbocycles. The van der Waals surface area contributed by atoms with Gasteiger partial charge in [-0.05, 0) is 68.9 Å². The molecule has 2 saturated heterocycles. The van der Waals surface area contributed by atoms with E-state index in [9.17, 15) is 4.39 Å². The number of nitrogens with one attached hydrogen (secondary N) is 1. The lowest BCUT2D eigenvalue weighted by Crippen LogP contribution is -2.36. The van der Waals surface area contributed by atoms with Crippen molar-refractivity contribution in [1.82, 2.24) is 10.2 Å². The molecule has 0 bridgehead atoms. The summed E-state index contributed by atoms with van der Waals surface area (Å²) >= 11 is 0. The van der Waals surface area contributed by atoms with E-state index in [-0.39, 0.29) is 5.82 Å². The third-order valence-corrected chi connectivity index (χ3v) is 4.57. The molecular formula is C16H23FN2. The van der Waals surface area contributed by atoms with Crippen molar-refractivity contribution in [3.63, 3.8) is 0 Å². The van der Waals surface area contributed by atoms with Crippen LogP contribution < -0.4 is 5.32 Å². The van der Waals surface area contributed by atoms with Gasteiger partial charge < -0.3 is 5.32 Å². The Morgan fingerprint density at radius 3 is 2.58 bits per heavy atom. The monoisotopic (exact) mass is 262 g/mol. The van der Waals surface area contributed by atoms with Crippen LogP contribution in [0.15, 0.2) is 24.3 Å². The van der Waals surface area contributed by atoms with Crippen LogP contribution in [0.2, 0.25) is 0 Å². The Bertz CT molecular complexity index is 398. The molecule has 2 fully saturated rings. The summed E-state index contributed by atoms with van der Waals surface area (Å²) in [6.07, 6.45) is 5.09. The van der Waals surface area contributed by atoms with Gasteiger partial charge in [0.2, 0.25) is 0 Å². The molecule has 1 aromatic rings. The highest BCUT2D eigenvalue weighted by Gasteiger charge is 2.28. The molecule has 0 spiro atoms. The Kier molecular flexibility index (Phi) is 4.14. The van der Waals surface area contributed by atoms with Gasteiger partial charge in [-0.25, -0.2) is 4.39 Å². The van der Waals surface area contributed by atoms with Crippen molar-refractivity contribution < 1.29 is 4.39 Å². The zero-order valence-electron chi connectivity index (χ0n) is 11.4. The van der Waals surface area contributed by atoms with Crippen molar-refractivity contribution in [2.75, 3.05) is 26.2 Å². The summed E-state index contributed by atoms with van der Waals surface area (Å²) in [5.41, 5.74) is 1.29. The first kappa shape index (κ1) is 13.1. The van der Waals surface area contributed by atoms with Crippen molar-refractivity contribution in [2.24, 2.45) is 5.92 Å². The van der Waals surface area contributed by atoms with Crippen LogP contribution in [-0.4, -0.2) is 31.1 Å². The summed E-state index contributed by atoms with van der Waals surface area (Å²) in [5.74, 6) is 0.703. The first-order chi connectivity index (χ1) is 9.33. The summed E-state index contributed by atoms with van der Waals surface area (Å²) in [4.78, 5) is 2.61. The minimum atomic E-state index is -0.133. The van der Waals surface area contributed by atoms with Crippen LogP contribution in [0.5, 0.6) is 0 Å². The van der Waals surface area contributed by atoms with Crippen LogP contribution >= 0.6 is 0 Å². The molecule has 1 N–H and O–H groups in total. The van der Waals surface area contributed by atoms with Gasteiger partial charge in [-0.3, -0.25) is 4.90 Å². The number of benzene rings is 1. The third kappa shape index (κ3) is 3.15. The highest BCUT2D eigenvalue weighted by Crippen LogP contribution is 2.33. The van der Waals surface area contributed by atoms with E-state index < -0.39 is 0 Å². The molecule has 0 aromatic heterocycles. The van der Waals surface area contributed by atoms with Gasteiger partial charge in [0, 0.05) is 12.6 Å². The van der Waals surface area contributed by atoms with E-state index in [4.69, 9.17) is 0 Å². The first-order valence-corrected chi connectivity index (χ1v) is 7.53. The highest BCUT2D eigenvalue weighted by molar-refractivity contribution is 5.21. The summed E-state index contributed by atoms with van der Waals surface area (Å²) in [5, 5.41) is 3.43. The Balaban J connectivity index is 1.65.